The zero-order chi connectivity index (χ0) is 11.3. The van der Waals surface area contributed by atoms with Gasteiger partial charge in [-0.15, -0.1) is 11.6 Å². The highest BCUT2D eigenvalue weighted by molar-refractivity contribution is 9.10. The van der Waals surface area contributed by atoms with Crippen molar-refractivity contribution >= 4 is 33.4 Å². The van der Waals surface area contributed by atoms with E-state index >= 15 is 0 Å². The SMILES string of the molecule is COc1ccc(CNC(=O)CCl)cc1Br. The van der Waals surface area contributed by atoms with Gasteiger partial charge in [0.1, 0.15) is 11.6 Å². The summed E-state index contributed by atoms with van der Waals surface area (Å²) in [6.07, 6.45) is 0. The summed E-state index contributed by atoms with van der Waals surface area (Å²) in [4.78, 5) is 10.9. The summed E-state index contributed by atoms with van der Waals surface area (Å²) < 4.78 is 5.95. The van der Waals surface area contributed by atoms with E-state index in [1.54, 1.807) is 7.11 Å². The molecular weight excluding hydrogens is 281 g/mol. The summed E-state index contributed by atoms with van der Waals surface area (Å²) in [6, 6.07) is 5.62. The first-order valence-corrected chi connectivity index (χ1v) is 5.65. The first-order valence-electron chi connectivity index (χ1n) is 4.32. The Morgan fingerprint density at radius 2 is 2.33 bits per heavy atom. The molecular formula is C10H11BrClNO2. The standard InChI is InChI=1S/C10H11BrClNO2/c1-15-9-3-2-7(4-8(9)11)6-13-10(14)5-12/h2-4H,5-6H2,1H3,(H,13,14). The smallest absolute Gasteiger partial charge is 0.235 e. The number of hydrogen-bond acceptors (Lipinski definition) is 2. The van der Waals surface area contributed by atoms with Gasteiger partial charge in [-0.25, -0.2) is 0 Å². The highest BCUT2D eigenvalue weighted by atomic mass is 79.9. The molecule has 0 aliphatic carbocycles. The number of halogens is 2. The number of benzene rings is 1. The molecule has 1 N–H and O–H groups in total. The molecule has 1 aromatic carbocycles. The third-order valence-corrected chi connectivity index (χ3v) is 2.69. The number of carbonyl (C=O) groups is 1. The van der Waals surface area contributed by atoms with E-state index < -0.39 is 0 Å². The van der Waals surface area contributed by atoms with Crippen molar-refractivity contribution in [3.8, 4) is 5.75 Å². The number of hydrogen-bond donors (Lipinski definition) is 1. The summed E-state index contributed by atoms with van der Waals surface area (Å²) in [5.74, 6) is 0.572. The van der Waals surface area contributed by atoms with Crippen LogP contribution in [0.3, 0.4) is 0 Å². The van der Waals surface area contributed by atoms with Crippen LogP contribution in [0, 0.1) is 0 Å². The highest BCUT2D eigenvalue weighted by Crippen LogP contribution is 2.25. The van der Waals surface area contributed by atoms with Crippen LogP contribution in [0.15, 0.2) is 22.7 Å². The van der Waals surface area contributed by atoms with Crippen molar-refractivity contribution in [2.75, 3.05) is 13.0 Å². The lowest BCUT2D eigenvalue weighted by Crippen LogP contribution is -2.23. The molecule has 0 saturated heterocycles. The van der Waals surface area contributed by atoms with Crippen molar-refractivity contribution in [2.45, 2.75) is 6.54 Å². The van der Waals surface area contributed by atoms with Crippen LogP contribution in [0.25, 0.3) is 0 Å². The summed E-state index contributed by atoms with van der Waals surface area (Å²) in [5, 5.41) is 2.68. The van der Waals surface area contributed by atoms with Gasteiger partial charge in [-0.05, 0) is 33.6 Å². The fourth-order valence-electron chi connectivity index (χ4n) is 1.07. The molecule has 0 heterocycles. The Hall–Kier alpha value is -0.740. The molecule has 82 valence electrons. The third kappa shape index (κ3) is 3.72. The molecule has 0 aliphatic heterocycles. The number of methoxy groups -OCH3 is 1. The Labute approximate surface area is 102 Å². The van der Waals surface area contributed by atoms with Crippen molar-refractivity contribution in [3.05, 3.63) is 28.2 Å². The van der Waals surface area contributed by atoms with Crippen molar-refractivity contribution in [1.29, 1.82) is 0 Å². The second-order valence-electron chi connectivity index (χ2n) is 2.88. The first kappa shape index (κ1) is 12.3. The Bertz CT molecular complexity index is 357. The van der Waals surface area contributed by atoms with E-state index in [1.807, 2.05) is 18.2 Å². The largest absolute Gasteiger partial charge is 0.496 e. The summed E-state index contributed by atoms with van der Waals surface area (Å²) >= 11 is 8.72. The van der Waals surface area contributed by atoms with Gasteiger partial charge in [-0.3, -0.25) is 4.79 Å². The summed E-state index contributed by atoms with van der Waals surface area (Å²) in [6.45, 7) is 0.466. The van der Waals surface area contributed by atoms with Crippen LogP contribution in [-0.4, -0.2) is 18.9 Å². The van der Waals surface area contributed by atoms with Gasteiger partial charge < -0.3 is 10.1 Å². The maximum absolute atomic E-state index is 10.9. The zero-order valence-electron chi connectivity index (χ0n) is 8.22. The van der Waals surface area contributed by atoms with Gasteiger partial charge in [0, 0.05) is 6.54 Å². The molecule has 5 heteroatoms. The van der Waals surface area contributed by atoms with Crippen LogP contribution < -0.4 is 10.1 Å². The second kappa shape index (κ2) is 5.98. The lowest BCUT2D eigenvalue weighted by atomic mass is 10.2. The van der Waals surface area contributed by atoms with Gasteiger partial charge in [0.05, 0.1) is 11.6 Å². The molecule has 0 bridgehead atoms. The van der Waals surface area contributed by atoms with Gasteiger partial charge in [0.25, 0.3) is 0 Å². The predicted octanol–water partition coefficient (Wildman–Crippen LogP) is 2.31. The lowest BCUT2D eigenvalue weighted by Gasteiger charge is -2.06. The van der Waals surface area contributed by atoms with Crippen molar-refractivity contribution in [3.63, 3.8) is 0 Å². The van der Waals surface area contributed by atoms with Gasteiger partial charge in [0.2, 0.25) is 5.91 Å². The van der Waals surface area contributed by atoms with Gasteiger partial charge >= 0.3 is 0 Å². The van der Waals surface area contributed by atoms with E-state index in [4.69, 9.17) is 16.3 Å². The minimum atomic E-state index is -0.177. The first-order chi connectivity index (χ1) is 7.17. The molecule has 0 atom stereocenters. The molecule has 0 aromatic heterocycles. The molecule has 15 heavy (non-hydrogen) atoms. The molecule has 0 fully saturated rings. The summed E-state index contributed by atoms with van der Waals surface area (Å²) in [7, 11) is 1.61. The number of amides is 1. The minimum absolute atomic E-state index is 0.0165. The zero-order valence-corrected chi connectivity index (χ0v) is 10.6. The molecule has 0 saturated carbocycles. The normalized spacial score (nSPS) is 9.80. The number of carbonyl (C=O) groups excluding carboxylic acids is 1. The Balaban J connectivity index is 2.63. The molecule has 1 amide bonds. The Morgan fingerprint density at radius 3 is 2.87 bits per heavy atom. The van der Waals surface area contributed by atoms with E-state index in [9.17, 15) is 4.79 Å². The Morgan fingerprint density at radius 1 is 1.60 bits per heavy atom. The fourth-order valence-corrected chi connectivity index (χ4v) is 1.75. The van der Waals surface area contributed by atoms with Gasteiger partial charge in [-0.2, -0.15) is 0 Å². The number of ether oxygens (including phenoxy) is 1. The van der Waals surface area contributed by atoms with E-state index in [2.05, 4.69) is 21.2 Å². The molecule has 0 aliphatic rings. The predicted molar refractivity (Wildman–Crippen MR) is 63.3 cm³/mol. The molecule has 0 spiro atoms. The summed E-state index contributed by atoms with van der Waals surface area (Å²) in [5.41, 5.74) is 0.987. The topological polar surface area (TPSA) is 38.3 Å². The fraction of sp³-hybridized carbons (Fsp3) is 0.300. The van der Waals surface area contributed by atoms with E-state index in [0.29, 0.717) is 6.54 Å². The van der Waals surface area contributed by atoms with Gasteiger partial charge in [-0.1, -0.05) is 6.07 Å². The third-order valence-electron chi connectivity index (χ3n) is 1.83. The van der Waals surface area contributed by atoms with E-state index in [-0.39, 0.29) is 11.8 Å². The highest BCUT2D eigenvalue weighted by Gasteiger charge is 2.02. The number of alkyl halides is 1. The minimum Gasteiger partial charge on any atom is -0.496 e. The number of rotatable bonds is 4. The van der Waals surface area contributed by atoms with E-state index in [0.717, 1.165) is 15.8 Å². The Kier molecular flexibility index (Phi) is 4.91. The molecule has 0 radical (unpaired) electrons. The quantitative estimate of drug-likeness (QED) is 0.865. The monoisotopic (exact) mass is 291 g/mol. The molecule has 1 aromatic rings. The average molecular weight is 293 g/mol. The maximum Gasteiger partial charge on any atom is 0.235 e. The van der Waals surface area contributed by atoms with E-state index in [1.165, 1.54) is 0 Å². The second-order valence-corrected chi connectivity index (χ2v) is 4.00. The van der Waals surface area contributed by atoms with Crippen LogP contribution >= 0.6 is 27.5 Å². The average Bonchev–Trinajstić information content (AvgIpc) is 2.26. The van der Waals surface area contributed by atoms with Crippen LogP contribution in [0.4, 0.5) is 0 Å². The van der Waals surface area contributed by atoms with Crippen LogP contribution in [0.2, 0.25) is 0 Å². The molecule has 1 rings (SSSR count). The van der Waals surface area contributed by atoms with Crippen LogP contribution in [0.5, 0.6) is 5.75 Å². The molecule has 3 nitrogen and oxygen atoms in total. The molecule has 0 unspecified atom stereocenters. The van der Waals surface area contributed by atoms with Crippen molar-refractivity contribution in [1.82, 2.24) is 5.32 Å². The van der Waals surface area contributed by atoms with Crippen molar-refractivity contribution < 1.29 is 9.53 Å². The van der Waals surface area contributed by atoms with Crippen molar-refractivity contribution in [2.24, 2.45) is 0 Å². The number of nitrogens with one attached hydrogen (secondary N) is 1. The van der Waals surface area contributed by atoms with Crippen LogP contribution in [0.1, 0.15) is 5.56 Å². The lowest BCUT2D eigenvalue weighted by molar-refractivity contribution is -0.118. The van der Waals surface area contributed by atoms with Crippen LogP contribution in [-0.2, 0) is 11.3 Å². The van der Waals surface area contributed by atoms with Gasteiger partial charge in [0.15, 0.2) is 0 Å². The maximum atomic E-state index is 10.9.